The number of aldehydes is 1. The summed E-state index contributed by atoms with van der Waals surface area (Å²) in [4.78, 5) is 11.0. The molecule has 0 amide bonds. The number of hydrogen-bond donors (Lipinski definition) is 0. The minimum Gasteiger partial charge on any atom is -0.464 e. The van der Waals surface area contributed by atoms with Crippen molar-refractivity contribution in [2.24, 2.45) is 0 Å². The first-order valence-electron chi connectivity index (χ1n) is 6.90. The van der Waals surface area contributed by atoms with Crippen LogP contribution in [0.2, 0.25) is 0 Å². The fourth-order valence-electron chi connectivity index (χ4n) is 1.51. The Morgan fingerprint density at radius 3 is 2.13 bits per heavy atom. The van der Waals surface area contributed by atoms with Crippen LogP contribution in [0, 0.1) is 0 Å². The minimum atomic E-state index is 0.0129. The molecule has 0 aliphatic heterocycles. The SMILES string of the molecule is COCCOCOc1cc(C=O)cc(Br)c1OCOCCOC. The van der Waals surface area contributed by atoms with E-state index in [1.54, 1.807) is 26.4 Å². The molecule has 7 nitrogen and oxygen atoms in total. The third-order valence-corrected chi connectivity index (χ3v) is 3.20. The standard InChI is InChI=1S/C15H21BrO7/c1-18-3-5-20-10-22-14-8-12(9-17)7-13(16)15(14)23-11-21-6-4-19-2/h7-9H,3-6,10-11H2,1-2H3. The zero-order valence-corrected chi connectivity index (χ0v) is 14.8. The molecule has 0 fully saturated rings. The second-order valence-electron chi connectivity index (χ2n) is 4.27. The lowest BCUT2D eigenvalue weighted by atomic mass is 10.2. The number of hydrogen-bond acceptors (Lipinski definition) is 7. The Kier molecular flexibility index (Phi) is 10.6. The van der Waals surface area contributed by atoms with Gasteiger partial charge in [0.2, 0.25) is 0 Å². The number of rotatable bonds is 13. The summed E-state index contributed by atoms with van der Waals surface area (Å²) < 4.78 is 31.9. The molecule has 0 spiro atoms. The highest BCUT2D eigenvalue weighted by molar-refractivity contribution is 9.10. The molecule has 0 radical (unpaired) electrons. The minimum absolute atomic E-state index is 0.0129. The normalized spacial score (nSPS) is 10.6. The fraction of sp³-hybridized carbons (Fsp3) is 0.533. The zero-order valence-electron chi connectivity index (χ0n) is 13.2. The lowest BCUT2D eigenvalue weighted by Gasteiger charge is -2.15. The summed E-state index contributed by atoms with van der Waals surface area (Å²) in [7, 11) is 3.18. The Hall–Kier alpha value is -1.19. The summed E-state index contributed by atoms with van der Waals surface area (Å²) in [5.41, 5.74) is 0.455. The van der Waals surface area contributed by atoms with Crippen molar-refractivity contribution in [1.82, 2.24) is 0 Å². The number of halogens is 1. The van der Waals surface area contributed by atoms with E-state index in [1.165, 1.54) is 0 Å². The Balaban J connectivity index is 2.63. The smallest absolute Gasteiger partial charge is 0.189 e. The van der Waals surface area contributed by atoms with Crippen LogP contribution in [0.5, 0.6) is 11.5 Å². The van der Waals surface area contributed by atoms with Crippen molar-refractivity contribution < 1.29 is 33.2 Å². The highest BCUT2D eigenvalue weighted by Gasteiger charge is 2.13. The highest BCUT2D eigenvalue weighted by Crippen LogP contribution is 2.36. The van der Waals surface area contributed by atoms with E-state index in [1.807, 2.05) is 0 Å². The van der Waals surface area contributed by atoms with E-state index in [0.29, 0.717) is 48.0 Å². The van der Waals surface area contributed by atoms with Gasteiger partial charge < -0.3 is 28.4 Å². The van der Waals surface area contributed by atoms with E-state index in [0.717, 1.165) is 6.29 Å². The molecule has 0 N–H and O–H groups in total. The molecular weight excluding hydrogens is 372 g/mol. The van der Waals surface area contributed by atoms with Crippen LogP contribution in [0.4, 0.5) is 0 Å². The van der Waals surface area contributed by atoms with Gasteiger partial charge in [0.15, 0.2) is 25.1 Å². The first-order chi connectivity index (χ1) is 11.2. The molecule has 0 aliphatic carbocycles. The van der Waals surface area contributed by atoms with Crippen LogP contribution >= 0.6 is 15.9 Å². The van der Waals surface area contributed by atoms with Gasteiger partial charge in [0.1, 0.15) is 6.29 Å². The molecule has 1 aromatic carbocycles. The second-order valence-corrected chi connectivity index (χ2v) is 5.13. The van der Waals surface area contributed by atoms with Crippen molar-refractivity contribution in [3.05, 3.63) is 22.2 Å². The number of carbonyl (C=O) groups is 1. The van der Waals surface area contributed by atoms with Crippen LogP contribution in [0.1, 0.15) is 10.4 Å². The molecule has 8 heteroatoms. The predicted molar refractivity (Wildman–Crippen MR) is 86.2 cm³/mol. The lowest BCUT2D eigenvalue weighted by Crippen LogP contribution is -2.11. The Morgan fingerprint density at radius 2 is 1.57 bits per heavy atom. The maximum atomic E-state index is 11.0. The lowest BCUT2D eigenvalue weighted by molar-refractivity contribution is -0.0210. The third kappa shape index (κ3) is 7.76. The van der Waals surface area contributed by atoms with Gasteiger partial charge in [0.25, 0.3) is 0 Å². The van der Waals surface area contributed by atoms with E-state index >= 15 is 0 Å². The largest absolute Gasteiger partial charge is 0.464 e. The molecule has 0 saturated heterocycles. The number of ether oxygens (including phenoxy) is 6. The quantitative estimate of drug-likeness (QED) is 0.289. The summed E-state index contributed by atoms with van der Waals surface area (Å²) in [5, 5.41) is 0. The molecule has 1 rings (SSSR count). The molecule has 0 bridgehead atoms. The molecule has 0 heterocycles. The zero-order chi connectivity index (χ0) is 16.9. The fourth-order valence-corrected chi connectivity index (χ4v) is 2.09. The first-order valence-corrected chi connectivity index (χ1v) is 7.70. The first kappa shape index (κ1) is 19.9. The topological polar surface area (TPSA) is 72.5 Å². The van der Waals surface area contributed by atoms with Gasteiger partial charge >= 0.3 is 0 Å². The molecule has 0 atom stereocenters. The van der Waals surface area contributed by atoms with Crippen LogP contribution in [0.25, 0.3) is 0 Å². The van der Waals surface area contributed by atoms with Crippen molar-refractivity contribution in [3.8, 4) is 11.5 Å². The van der Waals surface area contributed by atoms with Gasteiger partial charge in [-0.3, -0.25) is 4.79 Å². The third-order valence-electron chi connectivity index (χ3n) is 2.62. The van der Waals surface area contributed by atoms with Crippen molar-refractivity contribution in [1.29, 1.82) is 0 Å². The maximum absolute atomic E-state index is 11.0. The van der Waals surface area contributed by atoms with Gasteiger partial charge in [-0.25, -0.2) is 0 Å². The van der Waals surface area contributed by atoms with Crippen LogP contribution in [-0.2, 0) is 18.9 Å². The summed E-state index contributed by atoms with van der Waals surface area (Å²) >= 11 is 3.35. The van der Waals surface area contributed by atoms with Crippen molar-refractivity contribution in [2.45, 2.75) is 0 Å². The molecule has 23 heavy (non-hydrogen) atoms. The summed E-state index contributed by atoms with van der Waals surface area (Å²) in [6, 6.07) is 3.21. The van der Waals surface area contributed by atoms with Gasteiger partial charge in [-0.15, -0.1) is 0 Å². The van der Waals surface area contributed by atoms with Gasteiger partial charge in [0, 0.05) is 19.8 Å². The van der Waals surface area contributed by atoms with Crippen molar-refractivity contribution in [3.63, 3.8) is 0 Å². The monoisotopic (exact) mass is 392 g/mol. The highest BCUT2D eigenvalue weighted by atomic mass is 79.9. The van der Waals surface area contributed by atoms with Crippen LogP contribution < -0.4 is 9.47 Å². The van der Waals surface area contributed by atoms with Gasteiger partial charge in [0.05, 0.1) is 30.9 Å². The summed E-state index contributed by atoms with van der Waals surface area (Å²) in [6.45, 7) is 1.81. The van der Waals surface area contributed by atoms with E-state index < -0.39 is 0 Å². The van der Waals surface area contributed by atoms with E-state index in [4.69, 9.17) is 28.4 Å². The molecule has 0 aliphatic rings. The van der Waals surface area contributed by atoms with Gasteiger partial charge in [-0.05, 0) is 28.1 Å². The molecule has 0 saturated carbocycles. The average molecular weight is 393 g/mol. The van der Waals surface area contributed by atoms with Gasteiger partial charge in [-0.2, -0.15) is 0 Å². The van der Waals surface area contributed by atoms with Crippen LogP contribution in [0.15, 0.2) is 16.6 Å². The second kappa shape index (κ2) is 12.3. The van der Waals surface area contributed by atoms with E-state index in [-0.39, 0.29) is 13.6 Å². The molecule has 0 aromatic heterocycles. The van der Waals surface area contributed by atoms with Crippen molar-refractivity contribution >= 4 is 22.2 Å². The predicted octanol–water partition coefficient (Wildman–Crippen LogP) is 2.26. The van der Waals surface area contributed by atoms with Crippen LogP contribution in [-0.4, -0.2) is 60.5 Å². The molecular formula is C15H21BrO7. The molecule has 1 aromatic rings. The number of carbonyl (C=O) groups excluding carboxylic acids is 1. The molecule has 130 valence electrons. The van der Waals surface area contributed by atoms with E-state index in [2.05, 4.69) is 15.9 Å². The van der Waals surface area contributed by atoms with Crippen molar-refractivity contribution in [2.75, 3.05) is 54.2 Å². The Morgan fingerprint density at radius 1 is 0.957 bits per heavy atom. The van der Waals surface area contributed by atoms with Crippen LogP contribution in [0.3, 0.4) is 0 Å². The molecule has 0 unspecified atom stereocenters. The average Bonchev–Trinajstić information content (AvgIpc) is 2.55. The maximum Gasteiger partial charge on any atom is 0.189 e. The van der Waals surface area contributed by atoms with Gasteiger partial charge in [-0.1, -0.05) is 0 Å². The summed E-state index contributed by atoms with van der Waals surface area (Å²) in [5.74, 6) is 0.817. The summed E-state index contributed by atoms with van der Waals surface area (Å²) in [6.07, 6.45) is 0.724. The number of benzene rings is 1. The Labute approximate surface area is 143 Å². The Bertz CT molecular complexity index is 467. The number of methoxy groups -OCH3 is 2. The van der Waals surface area contributed by atoms with E-state index in [9.17, 15) is 4.79 Å².